The molecule has 0 aliphatic carbocycles. The minimum atomic E-state index is -0.619. The monoisotopic (exact) mass is 295 g/mol. The van der Waals surface area contributed by atoms with Crippen LogP contribution in [0.15, 0.2) is 9.59 Å². The third kappa shape index (κ3) is 2.86. The highest BCUT2D eigenvalue weighted by Gasteiger charge is 2.34. The fourth-order valence-electron chi connectivity index (χ4n) is 2.46. The van der Waals surface area contributed by atoms with E-state index in [1.165, 1.54) is 0 Å². The summed E-state index contributed by atoms with van der Waals surface area (Å²) in [6, 6.07) is -0.100. The normalized spacial score (nSPS) is 19.9. The first-order chi connectivity index (χ1) is 9.61. The molecule has 1 aliphatic heterocycles. The van der Waals surface area contributed by atoms with E-state index in [2.05, 4.69) is 0 Å². The van der Waals surface area contributed by atoms with Crippen LogP contribution in [-0.4, -0.2) is 42.3 Å². The van der Waals surface area contributed by atoms with Crippen LogP contribution < -0.4 is 21.5 Å². The number of nitrogen functional groups attached to an aromatic ring is 1. The lowest BCUT2D eigenvalue weighted by Gasteiger charge is -2.41. The van der Waals surface area contributed by atoms with E-state index in [1.54, 1.807) is 9.80 Å². The maximum Gasteiger partial charge on any atom is 0.410 e. The van der Waals surface area contributed by atoms with Crippen LogP contribution in [0.2, 0.25) is 0 Å². The number of nitrogens with two attached hydrogens (primary N) is 1. The summed E-state index contributed by atoms with van der Waals surface area (Å²) in [5, 5.41) is 0. The zero-order valence-corrected chi connectivity index (χ0v) is 12.8. The molecule has 1 amide bonds. The quantitative estimate of drug-likeness (QED) is 0.750. The molecule has 0 spiro atoms. The molecule has 2 N–H and O–H groups in total. The highest BCUT2D eigenvalue weighted by Crippen LogP contribution is 2.23. The van der Waals surface area contributed by atoms with E-state index in [9.17, 15) is 14.4 Å². The molecule has 1 atom stereocenters. The third-order valence-electron chi connectivity index (χ3n) is 3.49. The van der Waals surface area contributed by atoms with Crippen molar-refractivity contribution in [1.29, 1.82) is 0 Å². The van der Waals surface area contributed by atoms with Gasteiger partial charge in [-0.1, -0.05) is 0 Å². The Balaban J connectivity index is 2.05. The fraction of sp³-hybridized carbons (Fsp3) is 0.643. The number of anilines is 2. The van der Waals surface area contributed by atoms with Gasteiger partial charge in [0.1, 0.15) is 17.0 Å². The second-order valence-corrected chi connectivity index (χ2v) is 6.39. The molecule has 1 heterocycles. The Labute approximate surface area is 123 Å². The van der Waals surface area contributed by atoms with Crippen LogP contribution in [0.3, 0.4) is 0 Å². The average Bonchev–Trinajstić information content (AvgIpc) is 2.38. The maximum absolute atomic E-state index is 12.0. The molecule has 0 radical (unpaired) electrons. The molecule has 1 fully saturated rings. The predicted octanol–water partition coefficient (Wildman–Crippen LogP) is 0.310. The number of ether oxygens (including phenoxy) is 1. The van der Waals surface area contributed by atoms with Crippen LogP contribution in [0, 0.1) is 0 Å². The first kappa shape index (κ1) is 15.3. The second kappa shape index (κ2) is 5.05. The van der Waals surface area contributed by atoms with E-state index >= 15 is 0 Å². The van der Waals surface area contributed by atoms with Gasteiger partial charge in [0.15, 0.2) is 0 Å². The van der Waals surface area contributed by atoms with Crippen LogP contribution >= 0.6 is 0 Å². The summed E-state index contributed by atoms with van der Waals surface area (Å²) in [5.41, 5.74) is 4.21. The molecular weight excluding hydrogens is 274 g/mol. The highest BCUT2D eigenvalue weighted by atomic mass is 16.6. The van der Waals surface area contributed by atoms with Crippen molar-refractivity contribution >= 4 is 17.5 Å². The molecule has 0 aromatic heterocycles. The lowest BCUT2D eigenvalue weighted by molar-refractivity contribution is 0.0219. The third-order valence-corrected chi connectivity index (χ3v) is 3.49. The predicted molar refractivity (Wildman–Crippen MR) is 80.4 cm³/mol. The van der Waals surface area contributed by atoms with Crippen LogP contribution in [0.4, 0.5) is 16.2 Å². The van der Waals surface area contributed by atoms with Crippen molar-refractivity contribution in [3.63, 3.8) is 0 Å². The van der Waals surface area contributed by atoms with Crippen LogP contribution in [-0.2, 0) is 4.74 Å². The summed E-state index contributed by atoms with van der Waals surface area (Å²) in [6.07, 6.45) is -0.369. The van der Waals surface area contributed by atoms with Crippen LogP contribution in [0.5, 0.6) is 0 Å². The van der Waals surface area contributed by atoms with Gasteiger partial charge in [0.25, 0.3) is 10.9 Å². The molecule has 21 heavy (non-hydrogen) atoms. The van der Waals surface area contributed by atoms with Gasteiger partial charge in [-0.2, -0.15) is 0 Å². The zero-order chi connectivity index (χ0) is 15.9. The average molecular weight is 295 g/mol. The number of amides is 1. The standard InChI is InChI=1S/C14H21N3O4/c1-8-7-16(13(20)21-14(2,3)4)5-6-17(8)10-9(15)11(18)12(10)19/h8H,5-7,15H2,1-4H3/t8-/m0/s1. The molecule has 2 rings (SSSR count). The smallest absolute Gasteiger partial charge is 0.410 e. The molecule has 7 nitrogen and oxygen atoms in total. The Morgan fingerprint density at radius 1 is 1.24 bits per heavy atom. The van der Waals surface area contributed by atoms with Crippen molar-refractivity contribution in [2.24, 2.45) is 0 Å². The van der Waals surface area contributed by atoms with Gasteiger partial charge in [-0.05, 0) is 27.7 Å². The van der Waals surface area contributed by atoms with Gasteiger partial charge in [0.2, 0.25) is 0 Å². The Hall–Kier alpha value is -2.05. The van der Waals surface area contributed by atoms with Crippen LogP contribution in [0.1, 0.15) is 27.7 Å². The van der Waals surface area contributed by atoms with E-state index in [0.717, 1.165) is 0 Å². The Morgan fingerprint density at radius 2 is 1.86 bits per heavy atom. The number of carbonyl (C=O) groups excluding carboxylic acids is 1. The largest absolute Gasteiger partial charge is 0.444 e. The minimum absolute atomic E-state index is 0.0255. The summed E-state index contributed by atoms with van der Waals surface area (Å²) in [4.78, 5) is 38.2. The summed E-state index contributed by atoms with van der Waals surface area (Å²) in [5.74, 6) is 0. The minimum Gasteiger partial charge on any atom is -0.444 e. The summed E-state index contributed by atoms with van der Waals surface area (Å²) >= 11 is 0. The van der Waals surface area contributed by atoms with E-state index in [-0.39, 0.29) is 23.5 Å². The number of hydrogen-bond donors (Lipinski definition) is 1. The lowest BCUT2D eigenvalue weighted by atomic mass is 10.1. The highest BCUT2D eigenvalue weighted by molar-refractivity contribution is 5.74. The first-order valence-electron chi connectivity index (χ1n) is 6.95. The van der Waals surface area contributed by atoms with E-state index in [1.807, 2.05) is 27.7 Å². The fourth-order valence-corrected chi connectivity index (χ4v) is 2.46. The van der Waals surface area contributed by atoms with Gasteiger partial charge in [0, 0.05) is 25.7 Å². The van der Waals surface area contributed by atoms with E-state index < -0.39 is 16.5 Å². The molecule has 0 unspecified atom stereocenters. The molecule has 1 saturated heterocycles. The first-order valence-corrected chi connectivity index (χ1v) is 6.95. The van der Waals surface area contributed by atoms with Gasteiger partial charge in [-0.25, -0.2) is 4.79 Å². The summed E-state index contributed by atoms with van der Waals surface area (Å²) in [7, 11) is 0. The van der Waals surface area contributed by atoms with Crippen molar-refractivity contribution in [1.82, 2.24) is 4.90 Å². The van der Waals surface area contributed by atoms with E-state index in [4.69, 9.17) is 10.5 Å². The van der Waals surface area contributed by atoms with Crippen molar-refractivity contribution in [3.05, 3.63) is 20.4 Å². The van der Waals surface area contributed by atoms with Gasteiger partial charge in [-0.15, -0.1) is 0 Å². The van der Waals surface area contributed by atoms with Crippen molar-refractivity contribution in [2.75, 3.05) is 30.3 Å². The Kier molecular flexibility index (Phi) is 3.69. The van der Waals surface area contributed by atoms with Gasteiger partial charge < -0.3 is 20.3 Å². The molecule has 7 heteroatoms. The number of piperazine rings is 1. The zero-order valence-electron chi connectivity index (χ0n) is 12.8. The molecule has 0 saturated carbocycles. The van der Waals surface area contributed by atoms with Gasteiger partial charge in [0.05, 0.1) is 0 Å². The van der Waals surface area contributed by atoms with Gasteiger partial charge in [-0.3, -0.25) is 9.59 Å². The Morgan fingerprint density at radius 3 is 2.33 bits per heavy atom. The second-order valence-electron chi connectivity index (χ2n) is 6.39. The molecule has 1 aromatic carbocycles. The van der Waals surface area contributed by atoms with Gasteiger partial charge >= 0.3 is 6.09 Å². The maximum atomic E-state index is 12.0. The van der Waals surface area contributed by atoms with Crippen molar-refractivity contribution in [2.45, 2.75) is 39.3 Å². The Bertz CT molecular complexity index is 625. The summed E-state index contributed by atoms with van der Waals surface area (Å²) < 4.78 is 5.33. The number of carbonyl (C=O) groups is 1. The SMILES string of the molecule is C[C@H]1CN(C(=O)OC(C)(C)C)CCN1c1c(N)c(=O)c1=O. The van der Waals surface area contributed by atoms with Crippen LogP contribution in [0.25, 0.3) is 0 Å². The molecular formula is C14H21N3O4. The lowest BCUT2D eigenvalue weighted by Crippen LogP contribution is -2.57. The van der Waals surface area contributed by atoms with Crippen molar-refractivity contribution in [3.8, 4) is 0 Å². The van der Waals surface area contributed by atoms with Crippen molar-refractivity contribution < 1.29 is 9.53 Å². The molecule has 1 aromatic rings. The molecule has 0 bridgehead atoms. The summed E-state index contributed by atoms with van der Waals surface area (Å²) in [6.45, 7) is 8.63. The topological polar surface area (TPSA) is 92.9 Å². The molecule has 116 valence electrons. The number of rotatable bonds is 1. The molecule has 1 aliphatic rings. The number of nitrogens with zero attached hydrogens (tertiary/aromatic N) is 2. The number of hydrogen-bond acceptors (Lipinski definition) is 6. The van der Waals surface area contributed by atoms with E-state index in [0.29, 0.717) is 19.6 Å².